The first-order valence-corrected chi connectivity index (χ1v) is 8.74. The largest absolute Gasteiger partial charge is 0.481 e. The number of hydrogen-bond donors (Lipinski definition) is 3. The fraction of sp³-hybridized carbons (Fsp3) is 0.375. The Labute approximate surface area is 143 Å². The third-order valence-corrected chi connectivity index (χ3v) is 4.80. The number of piperidine rings is 1. The molecule has 0 amide bonds. The monoisotopic (exact) mass is 349 g/mol. The van der Waals surface area contributed by atoms with Crippen LogP contribution < -0.4 is 5.32 Å². The number of carbonyl (C=O) groups is 1. The Hall–Kier alpha value is -1.68. The van der Waals surface area contributed by atoms with Gasteiger partial charge in [0, 0.05) is 11.5 Å². The van der Waals surface area contributed by atoms with Crippen LogP contribution in [0.1, 0.15) is 18.4 Å². The van der Waals surface area contributed by atoms with Crippen LogP contribution in [-0.4, -0.2) is 39.9 Å². The second kappa shape index (κ2) is 7.26. The van der Waals surface area contributed by atoms with Gasteiger partial charge in [0.05, 0.1) is 21.8 Å². The molecule has 0 spiro atoms. The molecule has 1 aromatic heterocycles. The second-order valence-electron chi connectivity index (χ2n) is 5.37. The van der Waals surface area contributed by atoms with E-state index < -0.39 is 5.97 Å². The lowest BCUT2D eigenvalue weighted by atomic mass is 9.98. The topological polar surface area (TPSA) is 78.0 Å². The van der Waals surface area contributed by atoms with Crippen molar-refractivity contribution in [3.05, 3.63) is 22.7 Å². The van der Waals surface area contributed by atoms with Crippen LogP contribution in [0.25, 0.3) is 11.0 Å². The molecular weight excluding hydrogens is 334 g/mol. The minimum atomic E-state index is -0.873. The van der Waals surface area contributed by atoms with Gasteiger partial charge in [-0.3, -0.25) is 4.79 Å². The number of aromatic nitrogens is 2. The molecule has 1 aliphatic heterocycles. The number of nitrogens with zero attached hydrogens (tertiary/aromatic N) is 1. The maximum Gasteiger partial charge on any atom is 0.313 e. The van der Waals surface area contributed by atoms with Gasteiger partial charge in [-0.15, -0.1) is 0 Å². The number of benzene rings is 1. The average Bonchev–Trinajstić information content (AvgIpc) is 2.93. The molecule has 0 radical (unpaired) electrons. The van der Waals surface area contributed by atoms with Gasteiger partial charge in [0.15, 0.2) is 5.16 Å². The summed E-state index contributed by atoms with van der Waals surface area (Å²) in [4.78, 5) is 18.1. The second-order valence-corrected chi connectivity index (χ2v) is 6.74. The van der Waals surface area contributed by atoms with E-state index in [1.807, 2.05) is 6.07 Å². The Balaban J connectivity index is 1.82. The third-order valence-electron chi connectivity index (χ3n) is 3.63. The number of thioether (sulfide) groups is 1. The molecule has 0 saturated carbocycles. The summed E-state index contributed by atoms with van der Waals surface area (Å²) in [5.41, 5.74) is 2.31. The summed E-state index contributed by atoms with van der Waals surface area (Å²) in [7, 11) is 0. The Morgan fingerprint density at radius 1 is 1.43 bits per heavy atom. The highest BCUT2D eigenvalue weighted by Crippen LogP contribution is 2.25. The zero-order valence-electron chi connectivity index (χ0n) is 12.4. The summed E-state index contributed by atoms with van der Waals surface area (Å²) in [6.45, 7) is 2.02. The predicted octanol–water partition coefficient (Wildman–Crippen LogP) is 2.74. The summed E-state index contributed by atoms with van der Waals surface area (Å²) in [5.74, 6) is 5.98. The highest BCUT2D eigenvalue weighted by Gasteiger charge is 2.11. The van der Waals surface area contributed by atoms with Gasteiger partial charge in [-0.2, -0.15) is 0 Å². The highest BCUT2D eigenvalue weighted by atomic mass is 35.5. The highest BCUT2D eigenvalue weighted by molar-refractivity contribution is 7.99. The number of H-pyrrole nitrogens is 1. The van der Waals surface area contributed by atoms with Gasteiger partial charge in [0.2, 0.25) is 0 Å². The number of carboxylic acids is 1. The van der Waals surface area contributed by atoms with Crippen LogP contribution >= 0.6 is 23.4 Å². The number of fused-ring (bicyclic) bond motifs is 1. The number of hydrogen-bond acceptors (Lipinski definition) is 4. The van der Waals surface area contributed by atoms with Gasteiger partial charge in [-0.1, -0.05) is 35.2 Å². The molecule has 7 heteroatoms. The number of rotatable bonds is 3. The molecular formula is C16H16ClN3O2S. The van der Waals surface area contributed by atoms with E-state index in [1.54, 1.807) is 6.07 Å². The van der Waals surface area contributed by atoms with Gasteiger partial charge in [0.25, 0.3) is 0 Å². The van der Waals surface area contributed by atoms with E-state index in [9.17, 15) is 4.79 Å². The summed E-state index contributed by atoms with van der Waals surface area (Å²) in [5, 5.41) is 13.2. The van der Waals surface area contributed by atoms with Gasteiger partial charge in [0.1, 0.15) is 0 Å². The van der Waals surface area contributed by atoms with Crippen molar-refractivity contribution in [3.63, 3.8) is 0 Å². The van der Waals surface area contributed by atoms with Crippen molar-refractivity contribution < 1.29 is 9.90 Å². The van der Waals surface area contributed by atoms with E-state index in [-0.39, 0.29) is 5.75 Å². The van der Waals surface area contributed by atoms with E-state index in [2.05, 4.69) is 27.1 Å². The molecule has 1 aliphatic rings. The number of aromatic amines is 1. The van der Waals surface area contributed by atoms with Crippen molar-refractivity contribution in [1.29, 1.82) is 0 Å². The maximum atomic E-state index is 10.6. The van der Waals surface area contributed by atoms with Crippen LogP contribution in [0, 0.1) is 17.8 Å². The molecule has 2 heterocycles. The lowest BCUT2D eigenvalue weighted by Gasteiger charge is -2.17. The van der Waals surface area contributed by atoms with Gasteiger partial charge in [-0.25, -0.2) is 4.98 Å². The van der Waals surface area contributed by atoms with Crippen molar-refractivity contribution in [1.82, 2.24) is 15.3 Å². The van der Waals surface area contributed by atoms with E-state index in [4.69, 9.17) is 16.7 Å². The molecule has 2 aromatic rings. The zero-order chi connectivity index (χ0) is 16.2. The third kappa shape index (κ3) is 4.20. The Morgan fingerprint density at radius 2 is 2.22 bits per heavy atom. The van der Waals surface area contributed by atoms with Crippen LogP contribution in [0.15, 0.2) is 17.3 Å². The number of aliphatic carboxylic acids is 1. The van der Waals surface area contributed by atoms with Crippen LogP contribution in [0.5, 0.6) is 0 Å². The first-order valence-electron chi connectivity index (χ1n) is 7.38. The quantitative estimate of drug-likeness (QED) is 0.586. The molecule has 0 unspecified atom stereocenters. The lowest BCUT2D eigenvalue weighted by Crippen LogP contribution is -2.26. The number of imidazole rings is 1. The zero-order valence-corrected chi connectivity index (χ0v) is 13.9. The Morgan fingerprint density at radius 3 is 2.96 bits per heavy atom. The minimum Gasteiger partial charge on any atom is -0.481 e. The van der Waals surface area contributed by atoms with Crippen molar-refractivity contribution in [2.75, 3.05) is 18.8 Å². The van der Waals surface area contributed by atoms with Gasteiger partial charge < -0.3 is 15.4 Å². The van der Waals surface area contributed by atoms with E-state index in [0.717, 1.165) is 54.3 Å². The summed E-state index contributed by atoms with van der Waals surface area (Å²) >= 11 is 7.44. The van der Waals surface area contributed by atoms with Crippen LogP contribution in [0.3, 0.4) is 0 Å². The number of carboxylic acid groups (broad SMARTS) is 1. The van der Waals surface area contributed by atoms with E-state index in [1.165, 1.54) is 0 Å². The molecule has 3 rings (SSSR count). The first-order chi connectivity index (χ1) is 11.1. The SMILES string of the molecule is O=C(O)CSc1nc2cc(Cl)c(C#CC3CCNCC3)cc2[nH]1. The van der Waals surface area contributed by atoms with Crippen molar-refractivity contribution in [2.24, 2.45) is 5.92 Å². The number of nitrogens with one attached hydrogen (secondary N) is 2. The van der Waals surface area contributed by atoms with Crippen LogP contribution in [-0.2, 0) is 4.79 Å². The number of halogens is 1. The molecule has 23 heavy (non-hydrogen) atoms. The fourth-order valence-electron chi connectivity index (χ4n) is 2.45. The molecule has 5 nitrogen and oxygen atoms in total. The molecule has 1 fully saturated rings. The summed E-state index contributed by atoms with van der Waals surface area (Å²) in [6.07, 6.45) is 2.12. The summed E-state index contributed by atoms with van der Waals surface area (Å²) < 4.78 is 0. The van der Waals surface area contributed by atoms with Crippen molar-refractivity contribution >= 4 is 40.4 Å². The predicted molar refractivity (Wildman–Crippen MR) is 91.9 cm³/mol. The van der Waals surface area contributed by atoms with Crippen LogP contribution in [0.2, 0.25) is 5.02 Å². The normalized spacial score (nSPS) is 15.3. The standard InChI is InChI=1S/C16H16ClN3O2S/c17-12-8-14-13(19-16(20-14)23-9-15(21)22)7-11(12)2-1-10-3-5-18-6-4-10/h7-8,10,18H,3-6,9H2,(H,19,20)(H,21,22). The van der Waals surface area contributed by atoms with E-state index in [0.29, 0.717) is 16.1 Å². The molecule has 0 aliphatic carbocycles. The average molecular weight is 350 g/mol. The smallest absolute Gasteiger partial charge is 0.313 e. The molecule has 0 bridgehead atoms. The van der Waals surface area contributed by atoms with Crippen molar-refractivity contribution in [3.8, 4) is 11.8 Å². The van der Waals surface area contributed by atoms with Crippen molar-refractivity contribution in [2.45, 2.75) is 18.0 Å². The molecule has 1 saturated heterocycles. The molecule has 120 valence electrons. The van der Waals surface area contributed by atoms with Crippen LogP contribution in [0.4, 0.5) is 0 Å². The van der Waals surface area contributed by atoms with Gasteiger partial charge >= 0.3 is 5.97 Å². The first kappa shape index (κ1) is 16.2. The van der Waals surface area contributed by atoms with Gasteiger partial charge in [-0.05, 0) is 38.1 Å². The maximum absolute atomic E-state index is 10.6. The Bertz CT molecular complexity index is 788. The fourth-order valence-corrected chi connectivity index (χ4v) is 3.26. The molecule has 1 aromatic carbocycles. The summed E-state index contributed by atoms with van der Waals surface area (Å²) in [6, 6.07) is 3.65. The molecule has 3 N–H and O–H groups in total. The lowest BCUT2D eigenvalue weighted by molar-refractivity contribution is -0.133. The minimum absolute atomic E-state index is 0.0318. The van der Waals surface area contributed by atoms with E-state index >= 15 is 0 Å². The Kier molecular flexibility index (Phi) is 5.11. The molecule has 0 atom stereocenters.